The molecule has 7 heteroatoms. The number of anilines is 1. The summed E-state index contributed by atoms with van der Waals surface area (Å²) < 4.78 is 29.3. The van der Waals surface area contributed by atoms with Crippen LogP contribution < -0.4 is 5.32 Å². The van der Waals surface area contributed by atoms with E-state index >= 15 is 0 Å². The van der Waals surface area contributed by atoms with Crippen LogP contribution in [0, 0.1) is 6.92 Å². The van der Waals surface area contributed by atoms with Gasteiger partial charge in [-0.15, -0.1) is 0 Å². The monoisotopic (exact) mass is 404 g/mol. The maximum absolute atomic E-state index is 12.9. The molecule has 0 unspecified atom stereocenters. The van der Waals surface area contributed by atoms with Crippen LogP contribution in [0.4, 0.5) is 5.69 Å². The molecule has 1 saturated heterocycles. The molecule has 1 aromatic carbocycles. The van der Waals surface area contributed by atoms with Gasteiger partial charge < -0.3 is 9.73 Å². The molecule has 1 aliphatic rings. The number of carbonyl (C=O) groups is 1. The molecular formula is C21H28N2O4S. The number of carbonyl (C=O) groups excluding carboxylic acids is 1. The number of hydrogen-bond acceptors (Lipinski definition) is 5. The van der Waals surface area contributed by atoms with Gasteiger partial charge in [0.2, 0.25) is 5.91 Å². The van der Waals surface area contributed by atoms with Gasteiger partial charge in [-0.25, -0.2) is 8.42 Å². The number of nitrogens with one attached hydrogen (secondary N) is 1. The van der Waals surface area contributed by atoms with Crippen molar-refractivity contribution in [3.8, 4) is 0 Å². The Bertz CT molecular complexity index is 920. The van der Waals surface area contributed by atoms with E-state index in [9.17, 15) is 13.2 Å². The summed E-state index contributed by atoms with van der Waals surface area (Å²) in [5, 5.41) is 3.05. The van der Waals surface area contributed by atoms with Crippen LogP contribution in [0.3, 0.4) is 0 Å². The van der Waals surface area contributed by atoms with Crippen molar-refractivity contribution in [3.63, 3.8) is 0 Å². The van der Waals surface area contributed by atoms with Crippen LogP contribution in [-0.4, -0.2) is 43.3 Å². The van der Waals surface area contributed by atoms with E-state index in [1.54, 1.807) is 12.3 Å². The average molecular weight is 405 g/mol. The Labute approximate surface area is 166 Å². The first kappa shape index (κ1) is 20.6. The van der Waals surface area contributed by atoms with Crippen LogP contribution in [0.15, 0.2) is 41.0 Å². The number of benzene rings is 1. The Morgan fingerprint density at radius 1 is 1.29 bits per heavy atom. The van der Waals surface area contributed by atoms with E-state index < -0.39 is 9.84 Å². The quantitative estimate of drug-likeness (QED) is 0.766. The number of nitrogens with zero attached hydrogens (tertiary/aromatic N) is 1. The molecule has 6 nitrogen and oxygen atoms in total. The first-order valence-electron chi connectivity index (χ1n) is 9.61. The fourth-order valence-corrected chi connectivity index (χ4v) is 5.45. The lowest BCUT2D eigenvalue weighted by Gasteiger charge is -2.27. The maximum Gasteiger partial charge on any atom is 0.238 e. The Morgan fingerprint density at radius 2 is 2.07 bits per heavy atom. The van der Waals surface area contributed by atoms with Crippen molar-refractivity contribution in [2.75, 3.05) is 23.4 Å². The lowest BCUT2D eigenvalue weighted by atomic mass is 9.98. The highest BCUT2D eigenvalue weighted by Gasteiger charge is 2.33. The SMILES string of the molecule is Cc1cccc(C(C)C)c1NC(=O)CN(Cc1ccco1)[C@H]1CCS(=O)(=O)C1. The van der Waals surface area contributed by atoms with Crippen molar-refractivity contribution in [2.45, 2.75) is 45.7 Å². The minimum Gasteiger partial charge on any atom is -0.468 e. The second-order valence-corrected chi connectivity index (χ2v) is 10.0. The summed E-state index contributed by atoms with van der Waals surface area (Å²) in [6.45, 7) is 6.69. The van der Waals surface area contributed by atoms with Crippen LogP contribution in [0.1, 0.15) is 43.1 Å². The number of sulfone groups is 1. The van der Waals surface area contributed by atoms with Crippen LogP contribution in [0.5, 0.6) is 0 Å². The van der Waals surface area contributed by atoms with E-state index in [1.807, 2.05) is 36.1 Å². The van der Waals surface area contributed by atoms with Crippen molar-refractivity contribution in [3.05, 3.63) is 53.5 Å². The van der Waals surface area contributed by atoms with Crippen molar-refractivity contribution >= 4 is 21.4 Å². The summed E-state index contributed by atoms with van der Waals surface area (Å²) in [7, 11) is -3.04. The molecule has 1 N–H and O–H groups in total. The molecule has 2 heterocycles. The van der Waals surface area contributed by atoms with Gasteiger partial charge in [-0.3, -0.25) is 9.69 Å². The van der Waals surface area contributed by atoms with Gasteiger partial charge in [-0.1, -0.05) is 32.0 Å². The van der Waals surface area contributed by atoms with Crippen LogP contribution in [0.2, 0.25) is 0 Å². The van der Waals surface area contributed by atoms with Gasteiger partial charge >= 0.3 is 0 Å². The van der Waals surface area contributed by atoms with E-state index in [0.29, 0.717) is 13.0 Å². The number of aryl methyl sites for hydroxylation is 1. The number of hydrogen-bond donors (Lipinski definition) is 1. The normalized spacial score (nSPS) is 18.7. The molecule has 1 atom stereocenters. The molecule has 0 saturated carbocycles. The largest absolute Gasteiger partial charge is 0.468 e. The fraction of sp³-hybridized carbons (Fsp3) is 0.476. The average Bonchev–Trinajstić information content (AvgIpc) is 3.25. The number of para-hydroxylation sites is 1. The van der Waals surface area contributed by atoms with E-state index in [2.05, 4.69) is 19.2 Å². The zero-order valence-corrected chi connectivity index (χ0v) is 17.5. The first-order chi connectivity index (χ1) is 13.2. The number of amides is 1. The molecule has 152 valence electrons. The van der Waals surface area contributed by atoms with Crippen LogP contribution >= 0.6 is 0 Å². The van der Waals surface area contributed by atoms with Crippen molar-refractivity contribution in [1.82, 2.24) is 4.90 Å². The van der Waals surface area contributed by atoms with E-state index in [1.165, 1.54) is 0 Å². The molecule has 2 aromatic rings. The van der Waals surface area contributed by atoms with E-state index in [4.69, 9.17) is 4.42 Å². The molecule has 3 rings (SSSR count). The summed E-state index contributed by atoms with van der Waals surface area (Å²) in [4.78, 5) is 14.8. The van der Waals surface area contributed by atoms with Crippen LogP contribution in [-0.2, 0) is 21.2 Å². The minimum absolute atomic E-state index is 0.0859. The molecule has 1 aliphatic heterocycles. The summed E-state index contributed by atoms with van der Waals surface area (Å²) >= 11 is 0. The summed E-state index contributed by atoms with van der Waals surface area (Å²) in [6.07, 6.45) is 2.12. The molecule has 1 aromatic heterocycles. The van der Waals surface area contributed by atoms with Gasteiger partial charge in [0.25, 0.3) is 0 Å². The molecule has 1 amide bonds. The predicted molar refractivity (Wildman–Crippen MR) is 110 cm³/mol. The summed E-state index contributed by atoms with van der Waals surface area (Å²) in [6, 6.07) is 9.45. The summed E-state index contributed by atoms with van der Waals surface area (Å²) in [5.41, 5.74) is 2.95. The topological polar surface area (TPSA) is 79.6 Å². The van der Waals surface area contributed by atoms with Crippen molar-refractivity contribution in [1.29, 1.82) is 0 Å². The lowest BCUT2D eigenvalue weighted by molar-refractivity contribution is -0.118. The van der Waals surface area contributed by atoms with Crippen LogP contribution in [0.25, 0.3) is 0 Å². The minimum atomic E-state index is -3.04. The highest BCUT2D eigenvalue weighted by Crippen LogP contribution is 2.27. The van der Waals surface area contributed by atoms with Gasteiger partial charge in [0.05, 0.1) is 30.9 Å². The Balaban J connectivity index is 1.76. The Hall–Kier alpha value is -2.12. The number of furan rings is 1. The van der Waals surface area contributed by atoms with Crippen molar-refractivity contribution < 1.29 is 17.6 Å². The maximum atomic E-state index is 12.9. The highest BCUT2D eigenvalue weighted by atomic mass is 32.2. The Kier molecular flexibility index (Phi) is 6.25. The fourth-order valence-electron chi connectivity index (χ4n) is 3.69. The van der Waals surface area contributed by atoms with Gasteiger partial charge in [-0.05, 0) is 42.5 Å². The second-order valence-electron chi connectivity index (χ2n) is 7.78. The third-order valence-corrected chi connectivity index (χ3v) is 6.95. The highest BCUT2D eigenvalue weighted by molar-refractivity contribution is 7.91. The molecule has 0 radical (unpaired) electrons. The zero-order valence-electron chi connectivity index (χ0n) is 16.6. The third-order valence-electron chi connectivity index (χ3n) is 5.20. The molecule has 0 spiro atoms. The number of rotatable bonds is 7. The third kappa shape index (κ3) is 5.02. The van der Waals surface area contributed by atoms with E-state index in [-0.39, 0.29) is 35.9 Å². The van der Waals surface area contributed by atoms with Gasteiger partial charge in [0.1, 0.15) is 5.76 Å². The van der Waals surface area contributed by atoms with Gasteiger partial charge in [0.15, 0.2) is 9.84 Å². The second kappa shape index (κ2) is 8.49. The van der Waals surface area contributed by atoms with Gasteiger partial charge in [0, 0.05) is 11.7 Å². The molecule has 0 aliphatic carbocycles. The molecular weight excluding hydrogens is 376 g/mol. The lowest BCUT2D eigenvalue weighted by Crippen LogP contribution is -2.41. The zero-order chi connectivity index (χ0) is 20.3. The first-order valence-corrected chi connectivity index (χ1v) is 11.4. The molecule has 1 fully saturated rings. The Morgan fingerprint density at radius 3 is 2.68 bits per heavy atom. The summed E-state index contributed by atoms with van der Waals surface area (Å²) in [5.74, 6) is 1.11. The molecule has 0 bridgehead atoms. The smallest absolute Gasteiger partial charge is 0.238 e. The predicted octanol–water partition coefficient (Wildman–Crippen LogP) is 3.34. The van der Waals surface area contributed by atoms with E-state index in [0.717, 1.165) is 22.6 Å². The van der Waals surface area contributed by atoms with Crippen molar-refractivity contribution in [2.24, 2.45) is 0 Å². The molecule has 28 heavy (non-hydrogen) atoms. The van der Waals surface area contributed by atoms with Gasteiger partial charge in [-0.2, -0.15) is 0 Å². The standard InChI is InChI=1S/C21H28N2O4S/c1-15(2)19-8-4-6-16(3)21(19)22-20(24)13-23(12-18-7-5-10-27-18)17-9-11-28(25,26)14-17/h4-8,10,15,17H,9,11-14H2,1-3H3,(H,22,24)/t17-/m0/s1.